The monoisotopic (exact) mass is 514 g/mol. The zero-order valence-corrected chi connectivity index (χ0v) is 21.5. The average Bonchev–Trinajstić information content (AvgIpc) is 2.85. The van der Waals surface area contributed by atoms with E-state index in [0.29, 0.717) is 34.8 Å². The third-order valence-corrected chi connectivity index (χ3v) is 6.79. The molecule has 0 aliphatic carbocycles. The van der Waals surface area contributed by atoms with Gasteiger partial charge in [0.15, 0.2) is 11.5 Å². The molecular weight excluding hydrogens is 487 g/mol. The average molecular weight is 516 g/mol. The molecule has 0 atom stereocenters. The van der Waals surface area contributed by atoms with Gasteiger partial charge in [-0.3, -0.25) is 4.90 Å². The molecule has 178 valence electrons. The molecule has 4 rings (SSSR count). The lowest BCUT2D eigenvalue weighted by molar-refractivity contribution is 0.177. The fourth-order valence-corrected chi connectivity index (χ4v) is 4.66. The summed E-state index contributed by atoms with van der Waals surface area (Å²) in [5.74, 6) is 1.13. The van der Waals surface area contributed by atoms with Crippen LogP contribution < -0.4 is 9.47 Å². The van der Waals surface area contributed by atoms with Gasteiger partial charge in [0.1, 0.15) is 11.6 Å². The van der Waals surface area contributed by atoms with Gasteiger partial charge in [-0.05, 0) is 42.3 Å². The maximum absolute atomic E-state index is 6.65. The van der Waals surface area contributed by atoms with Crippen LogP contribution in [0.1, 0.15) is 23.6 Å². The summed E-state index contributed by atoms with van der Waals surface area (Å²) in [6.45, 7) is 7.44. The molecule has 0 unspecified atom stereocenters. The van der Waals surface area contributed by atoms with Gasteiger partial charge in [-0.15, -0.1) is 0 Å². The normalized spacial score (nSPS) is 14.1. The number of hydrogen-bond acceptors (Lipinski definition) is 4. The molecule has 0 bridgehead atoms. The molecule has 0 saturated carbocycles. The van der Waals surface area contributed by atoms with E-state index in [1.807, 2.05) is 43.3 Å². The second-order valence-electron chi connectivity index (χ2n) is 8.19. The highest BCUT2D eigenvalue weighted by molar-refractivity contribution is 7.80. The van der Waals surface area contributed by atoms with Gasteiger partial charge >= 0.3 is 0 Å². The lowest BCUT2D eigenvalue weighted by atomic mass is 10.1. The molecule has 0 N–H and O–H groups in total. The molecule has 3 aromatic carbocycles. The van der Waals surface area contributed by atoms with Crippen molar-refractivity contribution < 1.29 is 9.47 Å². The standard InChI is InChI=1S/C27H28Cl2N2O2S/c1-2-32-25-17-22(16-24(29)26(25)33-19-21-8-10-23(28)11-9-21)27(34)31-14-12-30(13-15-31)18-20-6-4-3-5-7-20/h3-11,16-17H,2,12-15,18-19H2,1H3. The van der Waals surface area contributed by atoms with Crippen LogP contribution >= 0.6 is 35.4 Å². The fourth-order valence-electron chi connectivity index (χ4n) is 3.96. The topological polar surface area (TPSA) is 24.9 Å². The molecule has 4 nitrogen and oxygen atoms in total. The summed E-state index contributed by atoms with van der Waals surface area (Å²) in [6, 6.07) is 21.9. The minimum atomic E-state index is 0.365. The minimum Gasteiger partial charge on any atom is -0.490 e. The van der Waals surface area contributed by atoms with E-state index in [1.54, 1.807) is 0 Å². The molecule has 1 aliphatic heterocycles. The summed E-state index contributed by atoms with van der Waals surface area (Å²) in [5.41, 5.74) is 3.20. The van der Waals surface area contributed by atoms with Crippen LogP contribution in [0, 0.1) is 0 Å². The Morgan fingerprint density at radius 3 is 2.26 bits per heavy atom. The molecule has 0 spiro atoms. The van der Waals surface area contributed by atoms with Crippen LogP contribution in [0.5, 0.6) is 11.5 Å². The quantitative estimate of drug-likeness (QED) is 0.321. The van der Waals surface area contributed by atoms with Gasteiger partial charge in [0.2, 0.25) is 0 Å². The van der Waals surface area contributed by atoms with E-state index in [-0.39, 0.29) is 0 Å². The van der Waals surface area contributed by atoms with E-state index in [0.717, 1.165) is 48.8 Å². The van der Waals surface area contributed by atoms with Gasteiger partial charge in [0.25, 0.3) is 0 Å². The molecule has 0 radical (unpaired) electrons. The van der Waals surface area contributed by atoms with E-state index in [9.17, 15) is 0 Å². The highest BCUT2D eigenvalue weighted by Crippen LogP contribution is 2.38. The van der Waals surface area contributed by atoms with Gasteiger partial charge < -0.3 is 14.4 Å². The third-order valence-electron chi connectivity index (χ3n) is 5.76. The van der Waals surface area contributed by atoms with Crippen LogP contribution in [-0.4, -0.2) is 47.6 Å². The first-order valence-electron chi connectivity index (χ1n) is 11.4. The predicted octanol–water partition coefficient (Wildman–Crippen LogP) is 6.46. The number of rotatable bonds is 8. The molecule has 7 heteroatoms. The molecule has 1 fully saturated rings. The van der Waals surface area contributed by atoms with Crippen molar-refractivity contribution in [2.24, 2.45) is 0 Å². The van der Waals surface area contributed by atoms with E-state index in [1.165, 1.54) is 5.56 Å². The Morgan fingerprint density at radius 1 is 0.882 bits per heavy atom. The largest absolute Gasteiger partial charge is 0.490 e. The first-order valence-corrected chi connectivity index (χ1v) is 12.6. The van der Waals surface area contributed by atoms with Crippen LogP contribution in [0.25, 0.3) is 0 Å². The lowest BCUT2D eigenvalue weighted by Crippen LogP contribution is -2.48. The summed E-state index contributed by atoms with van der Waals surface area (Å²) in [5, 5.41) is 1.18. The maximum atomic E-state index is 6.65. The van der Waals surface area contributed by atoms with Crippen molar-refractivity contribution in [3.05, 3.63) is 93.5 Å². The molecule has 0 aromatic heterocycles. The summed E-state index contributed by atoms with van der Waals surface area (Å²) in [6.07, 6.45) is 0. The molecule has 34 heavy (non-hydrogen) atoms. The van der Waals surface area contributed by atoms with E-state index >= 15 is 0 Å². The van der Waals surface area contributed by atoms with Crippen molar-refractivity contribution in [1.82, 2.24) is 9.80 Å². The Kier molecular flexibility index (Phi) is 8.68. The van der Waals surface area contributed by atoms with Gasteiger partial charge in [-0.25, -0.2) is 0 Å². The molecule has 1 heterocycles. The summed E-state index contributed by atoms with van der Waals surface area (Å²) in [7, 11) is 0. The Labute approximate surface area is 217 Å². The number of nitrogens with zero attached hydrogens (tertiary/aromatic N) is 2. The number of hydrogen-bond donors (Lipinski definition) is 0. The van der Waals surface area contributed by atoms with Crippen LogP contribution in [0.4, 0.5) is 0 Å². The van der Waals surface area contributed by atoms with Gasteiger partial charge in [-0.1, -0.05) is 77.9 Å². The summed E-state index contributed by atoms with van der Waals surface area (Å²) >= 11 is 18.5. The Balaban J connectivity index is 1.42. The van der Waals surface area contributed by atoms with Crippen LogP contribution in [-0.2, 0) is 13.2 Å². The first kappa shape index (κ1) is 24.8. The van der Waals surface area contributed by atoms with Gasteiger partial charge in [-0.2, -0.15) is 0 Å². The zero-order valence-electron chi connectivity index (χ0n) is 19.2. The number of piperazine rings is 1. The molecule has 0 amide bonds. The number of benzene rings is 3. The van der Waals surface area contributed by atoms with Crippen molar-refractivity contribution in [1.29, 1.82) is 0 Å². The number of ether oxygens (including phenoxy) is 2. The number of halogens is 2. The smallest absolute Gasteiger partial charge is 0.180 e. The summed E-state index contributed by atoms with van der Waals surface area (Å²) in [4.78, 5) is 5.49. The second kappa shape index (κ2) is 11.9. The fraction of sp³-hybridized carbons (Fsp3) is 0.296. The van der Waals surface area contributed by atoms with Crippen molar-refractivity contribution >= 4 is 40.4 Å². The lowest BCUT2D eigenvalue weighted by Gasteiger charge is -2.36. The SMILES string of the molecule is CCOc1cc(C(=S)N2CCN(Cc3ccccc3)CC2)cc(Cl)c1OCc1ccc(Cl)cc1. The van der Waals surface area contributed by atoms with Gasteiger partial charge in [0.05, 0.1) is 11.6 Å². The Bertz CT molecular complexity index is 1100. The predicted molar refractivity (Wildman–Crippen MR) is 143 cm³/mol. The number of thiocarbonyl (C=S) groups is 1. The van der Waals surface area contributed by atoms with Crippen molar-refractivity contribution in [2.75, 3.05) is 32.8 Å². The van der Waals surface area contributed by atoms with E-state index in [4.69, 9.17) is 44.9 Å². The minimum absolute atomic E-state index is 0.365. The third kappa shape index (κ3) is 6.42. The second-order valence-corrected chi connectivity index (χ2v) is 9.42. The molecule has 1 saturated heterocycles. The van der Waals surface area contributed by atoms with Crippen LogP contribution in [0.3, 0.4) is 0 Å². The highest BCUT2D eigenvalue weighted by Gasteiger charge is 2.22. The van der Waals surface area contributed by atoms with Gasteiger partial charge in [0, 0.05) is 43.3 Å². The van der Waals surface area contributed by atoms with E-state index < -0.39 is 0 Å². The van der Waals surface area contributed by atoms with Crippen molar-refractivity contribution in [2.45, 2.75) is 20.1 Å². The first-order chi connectivity index (χ1) is 16.5. The van der Waals surface area contributed by atoms with Crippen LogP contribution in [0.15, 0.2) is 66.7 Å². The Morgan fingerprint density at radius 2 is 1.59 bits per heavy atom. The summed E-state index contributed by atoms with van der Waals surface area (Å²) < 4.78 is 11.9. The highest BCUT2D eigenvalue weighted by atomic mass is 35.5. The molecular formula is C27H28Cl2N2O2S. The Hall–Kier alpha value is -2.31. The van der Waals surface area contributed by atoms with E-state index in [2.05, 4.69) is 40.1 Å². The molecule has 3 aromatic rings. The zero-order chi connectivity index (χ0) is 23.9. The maximum Gasteiger partial charge on any atom is 0.180 e. The van der Waals surface area contributed by atoms with Crippen molar-refractivity contribution in [3.8, 4) is 11.5 Å². The van der Waals surface area contributed by atoms with Crippen LogP contribution in [0.2, 0.25) is 10.0 Å². The molecule has 1 aliphatic rings. The van der Waals surface area contributed by atoms with Crippen molar-refractivity contribution in [3.63, 3.8) is 0 Å².